The first-order valence-corrected chi connectivity index (χ1v) is 8.62. The van der Waals surface area contributed by atoms with Crippen LogP contribution in [0.2, 0.25) is 5.02 Å². The second-order valence-electron chi connectivity index (χ2n) is 5.28. The lowest BCUT2D eigenvalue weighted by Gasteiger charge is -2.11. The monoisotopic (exact) mass is 401 g/mol. The Morgan fingerprint density at radius 3 is 2.77 bits per heavy atom. The number of rotatable bonds is 4. The molecule has 0 atom stereocenters. The molecule has 1 amide bonds. The van der Waals surface area contributed by atoms with Crippen molar-refractivity contribution in [2.24, 2.45) is 0 Å². The number of aryl methyl sites for hydroxylation is 1. The van der Waals surface area contributed by atoms with Crippen LogP contribution in [-0.2, 0) is 11.0 Å². The Morgan fingerprint density at radius 2 is 2.04 bits per heavy atom. The lowest BCUT2D eigenvalue weighted by atomic mass is 10.2. The van der Waals surface area contributed by atoms with Crippen molar-refractivity contribution < 1.29 is 22.4 Å². The fraction of sp³-hybridized carbons (Fsp3) is 0.188. The molecule has 0 radical (unpaired) electrons. The maximum atomic E-state index is 12.7. The Balaban J connectivity index is 1.67. The molecule has 0 bridgehead atoms. The van der Waals surface area contributed by atoms with Gasteiger partial charge in [0.05, 0.1) is 22.0 Å². The molecule has 0 aliphatic carbocycles. The standard InChI is InChI=1S/C16H11ClF3N3O2S/c1-8-2-5-12-14(21-8)23-15(25-12)26-7-13(24)22-11-6-9(16(18,19)20)3-4-10(11)17/h2-6H,7H2,1H3,(H,22,24). The van der Waals surface area contributed by atoms with Crippen molar-refractivity contribution in [1.82, 2.24) is 9.97 Å². The minimum absolute atomic E-state index is 0.0119. The predicted octanol–water partition coefficient (Wildman–Crippen LogP) is 4.93. The van der Waals surface area contributed by atoms with Crippen LogP contribution in [0.15, 0.2) is 40.0 Å². The van der Waals surface area contributed by atoms with Gasteiger partial charge in [-0.25, -0.2) is 4.98 Å². The van der Waals surface area contributed by atoms with Gasteiger partial charge in [-0.1, -0.05) is 23.4 Å². The Bertz CT molecular complexity index is 975. The van der Waals surface area contributed by atoms with E-state index in [0.717, 1.165) is 35.7 Å². The number of carbonyl (C=O) groups is 1. The highest BCUT2D eigenvalue weighted by Gasteiger charge is 2.31. The quantitative estimate of drug-likeness (QED) is 0.627. The molecule has 5 nitrogen and oxygen atoms in total. The number of carbonyl (C=O) groups excluding carboxylic acids is 1. The third-order valence-electron chi connectivity index (χ3n) is 3.27. The molecule has 10 heteroatoms. The van der Waals surface area contributed by atoms with Gasteiger partial charge in [0.25, 0.3) is 5.22 Å². The van der Waals surface area contributed by atoms with Gasteiger partial charge < -0.3 is 9.73 Å². The van der Waals surface area contributed by atoms with E-state index in [1.54, 1.807) is 12.1 Å². The minimum atomic E-state index is -4.53. The van der Waals surface area contributed by atoms with Crippen LogP contribution in [0.3, 0.4) is 0 Å². The van der Waals surface area contributed by atoms with Crippen molar-refractivity contribution in [1.29, 1.82) is 0 Å². The van der Waals surface area contributed by atoms with Gasteiger partial charge in [-0.05, 0) is 37.3 Å². The molecular formula is C16H11ClF3N3O2S. The normalized spacial score (nSPS) is 11.7. The molecule has 3 rings (SSSR count). The molecule has 0 aliphatic rings. The minimum Gasteiger partial charge on any atom is -0.430 e. The van der Waals surface area contributed by atoms with Gasteiger partial charge >= 0.3 is 6.18 Å². The highest BCUT2D eigenvalue weighted by molar-refractivity contribution is 7.99. The van der Waals surface area contributed by atoms with Crippen molar-refractivity contribution in [3.8, 4) is 0 Å². The van der Waals surface area contributed by atoms with Gasteiger partial charge in [-0.2, -0.15) is 18.2 Å². The predicted molar refractivity (Wildman–Crippen MR) is 92.3 cm³/mol. The zero-order chi connectivity index (χ0) is 18.9. The summed E-state index contributed by atoms with van der Waals surface area (Å²) in [4.78, 5) is 20.4. The fourth-order valence-corrected chi connectivity index (χ4v) is 2.86. The SMILES string of the molecule is Cc1ccc2oc(SCC(=O)Nc3cc(C(F)(F)F)ccc3Cl)nc2n1. The summed E-state index contributed by atoms with van der Waals surface area (Å²) in [5, 5.41) is 2.61. The number of hydrogen-bond donors (Lipinski definition) is 1. The largest absolute Gasteiger partial charge is 0.430 e. The summed E-state index contributed by atoms with van der Waals surface area (Å²) in [5.41, 5.74) is 0.680. The highest BCUT2D eigenvalue weighted by Crippen LogP contribution is 2.34. The maximum absolute atomic E-state index is 12.7. The van der Waals surface area contributed by atoms with Gasteiger partial charge in [-0.15, -0.1) is 0 Å². The molecule has 0 unspecified atom stereocenters. The number of anilines is 1. The van der Waals surface area contributed by atoms with E-state index in [1.165, 1.54) is 0 Å². The van der Waals surface area contributed by atoms with Crippen LogP contribution < -0.4 is 5.32 Å². The number of hydrogen-bond acceptors (Lipinski definition) is 5. The molecular weight excluding hydrogens is 391 g/mol. The Labute approximate surface area is 154 Å². The number of nitrogens with one attached hydrogen (secondary N) is 1. The average Bonchev–Trinajstić information content (AvgIpc) is 2.96. The van der Waals surface area contributed by atoms with Crippen LogP contribution in [0.25, 0.3) is 11.2 Å². The lowest BCUT2D eigenvalue weighted by molar-refractivity contribution is -0.137. The first kappa shape index (κ1) is 18.5. The van der Waals surface area contributed by atoms with E-state index in [9.17, 15) is 18.0 Å². The Morgan fingerprint density at radius 1 is 1.27 bits per heavy atom. The molecule has 0 spiro atoms. The number of nitrogens with zero attached hydrogens (tertiary/aromatic N) is 2. The smallest absolute Gasteiger partial charge is 0.416 e. The first-order valence-electron chi connectivity index (χ1n) is 7.26. The summed E-state index contributed by atoms with van der Waals surface area (Å²) in [6, 6.07) is 6.21. The van der Waals surface area contributed by atoms with Gasteiger partial charge in [0.1, 0.15) is 0 Å². The first-order chi connectivity index (χ1) is 12.2. The molecule has 2 aromatic heterocycles. The van der Waals surface area contributed by atoms with E-state index in [1.807, 2.05) is 6.92 Å². The van der Waals surface area contributed by atoms with Crippen molar-refractivity contribution in [2.75, 3.05) is 11.1 Å². The van der Waals surface area contributed by atoms with E-state index >= 15 is 0 Å². The van der Waals surface area contributed by atoms with Gasteiger partial charge in [0, 0.05) is 5.69 Å². The van der Waals surface area contributed by atoms with Gasteiger partial charge in [0.15, 0.2) is 11.2 Å². The number of pyridine rings is 1. The van der Waals surface area contributed by atoms with Gasteiger partial charge in [-0.3, -0.25) is 4.79 Å². The fourth-order valence-electron chi connectivity index (χ4n) is 2.07. The second-order valence-corrected chi connectivity index (χ2v) is 6.62. The number of aromatic nitrogens is 2. The summed E-state index contributed by atoms with van der Waals surface area (Å²) in [6.07, 6.45) is -4.53. The molecule has 1 aromatic carbocycles. The third-order valence-corrected chi connectivity index (χ3v) is 4.43. The summed E-state index contributed by atoms with van der Waals surface area (Å²) >= 11 is 6.85. The molecule has 26 heavy (non-hydrogen) atoms. The van der Waals surface area contributed by atoms with Crippen molar-refractivity contribution in [2.45, 2.75) is 18.3 Å². The van der Waals surface area contributed by atoms with Crippen molar-refractivity contribution >= 4 is 46.2 Å². The molecule has 3 aromatic rings. The zero-order valence-electron chi connectivity index (χ0n) is 13.2. The van der Waals surface area contributed by atoms with Crippen LogP contribution in [-0.4, -0.2) is 21.6 Å². The van der Waals surface area contributed by atoms with Crippen LogP contribution >= 0.6 is 23.4 Å². The molecule has 1 N–H and O–H groups in total. The number of amides is 1. The number of fused-ring (bicyclic) bond motifs is 1. The number of halogens is 4. The van der Waals surface area contributed by atoms with Crippen LogP contribution in [0, 0.1) is 6.92 Å². The van der Waals surface area contributed by atoms with Crippen molar-refractivity contribution in [3.63, 3.8) is 0 Å². The number of oxazole rings is 1. The molecule has 0 aliphatic heterocycles. The number of alkyl halides is 3. The lowest BCUT2D eigenvalue weighted by Crippen LogP contribution is -2.15. The van der Waals surface area contributed by atoms with Crippen LogP contribution in [0.1, 0.15) is 11.3 Å². The highest BCUT2D eigenvalue weighted by atomic mass is 35.5. The molecule has 136 valence electrons. The third kappa shape index (κ3) is 4.28. The van der Waals surface area contributed by atoms with E-state index in [-0.39, 0.29) is 21.7 Å². The van der Waals surface area contributed by atoms with E-state index in [4.69, 9.17) is 16.0 Å². The zero-order valence-corrected chi connectivity index (χ0v) is 14.8. The number of benzene rings is 1. The molecule has 0 saturated carbocycles. The average molecular weight is 402 g/mol. The van der Waals surface area contributed by atoms with E-state index in [2.05, 4.69) is 15.3 Å². The summed E-state index contributed by atoms with van der Waals surface area (Å²) < 4.78 is 43.7. The maximum Gasteiger partial charge on any atom is 0.416 e. The van der Waals surface area contributed by atoms with Crippen LogP contribution in [0.5, 0.6) is 0 Å². The molecule has 0 fully saturated rings. The van der Waals surface area contributed by atoms with Gasteiger partial charge in [0.2, 0.25) is 5.91 Å². The number of thioether (sulfide) groups is 1. The second kappa shape index (κ2) is 7.16. The summed E-state index contributed by atoms with van der Waals surface area (Å²) in [6.45, 7) is 1.81. The summed E-state index contributed by atoms with van der Waals surface area (Å²) in [5.74, 6) is -0.652. The van der Waals surface area contributed by atoms with E-state index < -0.39 is 17.6 Å². The van der Waals surface area contributed by atoms with Crippen molar-refractivity contribution in [3.05, 3.63) is 46.6 Å². The van der Waals surface area contributed by atoms with E-state index in [0.29, 0.717) is 11.2 Å². The summed E-state index contributed by atoms with van der Waals surface area (Å²) in [7, 11) is 0. The Kier molecular flexibility index (Phi) is 5.10. The molecule has 2 heterocycles. The Hall–Kier alpha value is -2.26. The molecule has 0 saturated heterocycles. The van der Waals surface area contributed by atoms with Crippen LogP contribution in [0.4, 0.5) is 18.9 Å². The topological polar surface area (TPSA) is 68.0 Å².